The van der Waals surface area contributed by atoms with E-state index >= 15 is 0 Å². The van der Waals surface area contributed by atoms with Crippen LogP contribution in [0.25, 0.3) is 0 Å². The summed E-state index contributed by atoms with van der Waals surface area (Å²) in [5, 5.41) is 3.04. The van der Waals surface area contributed by atoms with Gasteiger partial charge in [-0.2, -0.15) is 0 Å². The van der Waals surface area contributed by atoms with Crippen LogP contribution in [0.4, 0.5) is 4.39 Å². The molecule has 2 rings (SSSR count). The Morgan fingerprint density at radius 3 is 2.33 bits per heavy atom. The number of carbonyl (C=O) groups is 1. The molecule has 2 aromatic carbocycles. The molecule has 1 atom stereocenters. The van der Waals surface area contributed by atoms with Crippen molar-refractivity contribution in [2.45, 2.75) is 31.7 Å². The first kappa shape index (κ1) is 20.9. The number of carbonyl (C=O) groups excluding carboxylic acids is 1. The van der Waals surface area contributed by atoms with Crippen LogP contribution in [0.3, 0.4) is 0 Å². The molecule has 1 amide bonds. The van der Waals surface area contributed by atoms with Gasteiger partial charge < -0.3 is 15.0 Å². The van der Waals surface area contributed by atoms with E-state index < -0.39 is 0 Å². The van der Waals surface area contributed by atoms with Crippen molar-refractivity contribution < 1.29 is 13.9 Å². The molecule has 0 aliphatic carbocycles. The molecule has 0 heterocycles. The summed E-state index contributed by atoms with van der Waals surface area (Å²) >= 11 is 0. The third-order valence-electron chi connectivity index (χ3n) is 4.65. The van der Waals surface area contributed by atoms with E-state index in [1.54, 1.807) is 19.2 Å². The van der Waals surface area contributed by atoms with E-state index in [1.807, 2.05) is 38.4 Å². The molecule has 0 aliphatic heterocycles. The highest BCUT2D eigenvalue weighted by Gasteiger charge is 2.15. The number of likely N-dealkylation sites (N-methyl/N-ethyl adjacent to an activating group) is 1. The molecule has 0 aromatic heterocycles. The van der Waals surface area contributed by atoms with E-state index in [4.69, 9.17) is 4.74 Å². The van der Waals surface area contributed by atoms with Crippen molar-refractivity contribution in [3.05, 3.63) is 65.5 Å². The van der Waals surface area contributed by atoms with Crippen LogP contribution in [0.15, 0.2) is 48.5 Å². The maximum Gasteiger partial charge on any atom is 0.220 e. The van der Waals surface area contributed by atoms with Crippen LogP contribution in [0.1, 0.15) is 36.4 Å². The van der Waals surface area contributed by atoms with Crippen molar-refractivity contribution in [1.29, 1.82) is 0 Å². The van der Waals surface area contributed by atoms with Crippen LogP contribution in [-0.2, 0) is 11.2 Å². The monoisotopic (exact) mass is 372 g/mol. The molecule has 0 spiro atoms. The lowest BCUT2D eigenvalue weighted by Crippen LogP contribution is -2.34. The maximum atomic E-state index is 12.9. The number of ether oxygens (including phenoxy) is 1. The molecule has 0 bridgehead atoms. The summed E-state index contributed by atoms with van der Waals surface area (Å²) in [6.07, 6.45) is 3.09. The quantitative estimate of drug-likeness (QED) is 0.642. The lowest BCUT2D eigenvalue weighted by Gasteiger charge is -2.25. The molecule has 2 aromatic rings. The van der Waals surface area contributed by atoms with Crippen LogP contribution in [0.2, 0.25) is 0 Å². The molecular formula is C22H29FN2O2. The van der Waals surface area contributed by atoms with Gasteiger partial charge >= 0.3 is 0 Å². The first-order valence-corrected chi connectivity index (χ1v) is 9.31. The van der Waals surface area contributed by atoms with Crippen molar-refractivity contribution in [1.82, 2.24) is 10.2 Å². The number of halogens is 1. The minimum absolute atomic E-state index is 0.0643. The third-order valence-corrected chi connectivity index (χ3v) is 4.65. The minimum Gasteiger partial charge on any atom is -0.497 e. The fourth-order valence-corrected chi connectivity index (χ4v) is 2.99. The second-order valence-corrected chi connectivity index (χ2v) is 6.89. The number of rotatable bonds is 10. The number of aryl methyl sites for hydroxylation is 1. The largest absolute Gasteiger partial charge is 0.497 e. The van der Waals surface area contributed by atoms with Gasteiger partial charge in [0.25, 0.3) is 0 Å². The molecule has 1 N–H and O–H groups in total. The summed E-state index contributed by atoms with van der Waals surface area (Å²) < 4.78 is 18.1. The Morgan fingerprint density at radius 2 is 1.74 bits per heavy atom. The Morgan fingerprint density at radius 1 is 1.07 bits per heavy atom. The van der Waals surface area contributed by atoms with Gasteiger partial charge in [0.15, 0.2) is 0 Å². The summed E-state index contributed by atoms with van der Waals surface area (Å²) in [4.78, 5) is 14.3. The van der Waals surface area contributed by atoms with Gasteiger partial charge in [0.2, 0.25) is 5.91 Å². The Bertz CT molecular complexity index is 699. The standard InChI is InChI=1S/C22H29FN2O2/c1-25(2)21(18-10-14-20(27-3)15-11-18)16-24-22(26)7-5-4-6-17-8-12-19(23)13-9-17/h8-15,21H,4-7,16H2,1-3H3,(H,24,26). The zero-order valence-electron chi connectivity index (χ0n) is 16.4. The third kappa shape index (κ3) is 7.02. The molecule has 27 heavy (non-hydrogen) atoms. The van der Waals surface area contributed by atoms with Crippen molar-refractivity contribution in [3.8, 4) is 5.75 Å². The number of benzene rings is 2. The van der Waals surface area contributed by atoms with Crippen LogP contribution in [0.5, 0.6) is 5.75 Å². The van der Waals surface area contributed by atoms with Crippen LogP contribution in [-0.4, -0.2) is 38.6 Å². The van der Waals surface area contributed by atoms with E-state index in [-0.39, 0.29) is 17.8 Å². The normalized spacial score (nSPS) is 12.0. The minimum atomic E-state index is -0.217. The second-order valence-electron chi connectivity index (χ2n) is 6.89. The van der Waals surface area contributed by atoms with Crippen molar-refractivity contribution in [2.24, 2.45) is 0 Å². The van der Waals surface area contributed by atoms with E-state index in [0.29, 0.717) is 13.0 Å². The number of amides is 1. The van der Waals surface area contributed by atoms with Crippen LogP contribution < -0.4 is 10.1 Å². The SMILES string of the molecule is COc1ccc(C(CNC(=O)CCCCc2ccc(F)cc2)N(C)C)cc1. The van der Waals surface area contributed by atoms with Gasteiger partial charge in [0.1, 0.15) is 11.6 Å². The van der Waals surface area contributed by atoms with Gasteiger partial charge in [0.05, 0.1) is 13.2 Å². The Balaban J connectivity index is 1.73. The highest BCUT2D eigenvalue weighted by molar-refractivity contribution is 5.75. The molecule has 1 unspecified atom stereocenters. The van der Waals surface area contributed by atoms with Crippen molar-refractivity contribution in [2.75, 3.05) is 27.7 Å². The first-order chi connectivity index (χ1) is 13.0. The molecule has 146 valence electrons. The van der Waals surface area contributed by atoms with Gasteiger partial charge in [-0.3, -0.25) is 4.79 Å². The number of hydrogen-bond donors (Lipinski definition) is 1. The van der Waals surface area contributed by atoms with Gasteiger partial charge in [-0.15, -0.1) is 0 Å². The second kappa shape index (κ2) is 10.7. The van der Waals surface area contributed by atoms with Crippen LogP contribution in [0, 0.1) is 5.82 Å². The average Bonchev–Trinajstić information content (AvgIpc) is 2.67. The zero-order chi connectivity index (χ0) is 19.6. The van der Waals surface area contributed by atoms with Gasteiger partial charge in [-0.1, -0.05) is 24.3 Å². The summed E-state index contributed by atoms with van der Waals surface area (Å²) in [5.74, 6) is 0.668. The molecule has 0 aliphatic rings. The smallest absolute Gasteiger partial charge is 0.220 e. The van der Waals surface area contributed by atoms with Crippen molar-refractivity contribution >= 4 is 5.91 Å². The number of nitrogens with one attached hydrogen (secondary N) is 1. The fraction of sp³-hybridized carbons (Fsp3) is 0.409. The molecule has 4 nitrogen and oxygen atoms in total. The predicted molar refractivity (Wildman–Crippen MR) is 106 cm³/mol. The zero-order valence-corrected chi connectivity index (χ0v) is 16.4. The summed E-state index contributed by atoms with van der Waals surface area (Å²) in [7, 11) is 5.65. The fourth-order valence-electron chi connectivity index (χ4n) is 2.99. The van der Waals surface area contributed by atoms with E-state index in [9.17, 15) is 9.18 Å². The Labute approximate surface area is 161 Å². The predicted octanol–water partition coefficient (Wildman–Crippen LogP) is 3.97. The molecule has 5 heteroatoms. The van der Waals surface area contributed by atoms with E-state index in [2.05, 4.69) is 10.2 Å². The number of hydrogen-bond acceptors (Lipinski definition) is 3. The average molecular weight is 372 g/mol. The first-order valence-electron chi connectivity index (χ1n) is 9.31. The Hall–Kier alpha value is -2.40. The van der Waals surface area contributed by atoms with E-state index in [1.165, 1.54) is 12.1 Å². The lowest BCUT2D eigenvalue weighted by molar-refractivity contribution is -0.121. The summed E-state index contributed by atoms with van der Waals surface area (Å²) in [6, 6.07) is 14.6. The number of nitrogens with zero attached hydrogens (tertiary/aromatic N) is 1. The van der Waals surface area contributed by atoms with Gasteiger partial charge in [-0.25, -0.2) is 4.39 Å². The molecule has 0 saturated carbocycles. The van der Waals surface area contributed by atoms with E-state index in [0.717, 1.165) is 36.1 Å². The maximum absolute atomic E-state index is 12.9. The van der Waals surface area contributed by atoms with Gasteiger partial charge in [-0.05, 0) is 68.8 Å². The number of methoxy groups -OCH3 is 1. The molecule has 0 radical (unpaired) electrons. The topological polar surface area (TPSA) is 41.6 Å². The van der Waals surface area contributed by atoms with Crippen LogP contribution >= 0.6 is 0 Å². The summed E-state index contributed by atoms with van der Waals surface area (Å²) in [5.41, 5.74) is 2.24. The number of unbranched alkanes of at least 4 members (excludes halogenated alkanes) is 1. The van der Waals surface area contributed by atoms with Gasteiger partial charge in [0, 0.05) is 13.0 Å². The highest BCUT2D eigenvalue weighted by atomic mass is 19.1. The highest BCUT2D eigenvalue weighted by Crippen LogP contribution is 2.20. The molecule has 0 fully saturated rings. The molecule has 0 saturated heterocycles. The molecular weight excluding hydrogens is 343 g/mol. The Kier molecular flexibility index (Phi) is 8.27. The summed E-state index contributed by atoms with van der Waals surface area (Å²) in [6.45, 7) is 0.566. The van der Waals surface area contributed by atoms with Crippen molar-refractivity contribution in [3.63, 3.8) is 0 Å². The lowest BCUT2D eigenvalue weighted by atomic mass is 10.1.